The number of azo groups is 2. The summed E-state index contributed by atoms with van der Waals surface area (Å²) in [6, 6.07) is 31.5. The van der Waals surface area contributed by atoms with Crippen LogP contribution in [0, 0.1) is 0 Å². The van der Waals surface area contributed by atoms with Gasteiger partial charge < -0.3 is 40.9 Å². The van der Waals surface area contributed by atoms with Crippen LogP contribution in [0.5, 0.6) is 0 Å². The zero-order valence-corrected chi connectivity index (χ0v) is 35.8. The van der Waals surface area contributed by atoms with Crippen molar-refractivity contribution in [2.45, 2.75) is 32.2 Å². The van der Waals surface area contributed by atoms with Crippen molar-refractivity contribution in [2.75, 3.05) is 86.6 Å². The standard InChI is InChI=1S/C46H58N12O4/c1-53-25-27-57(45(53)51-49-41-11-7-37(8-12-41)47-39-15-19-43(20-16-39)55(29-33-59)30-34-60)23-5-3-4-6-24-58-28-26-54(2)46(58)52-50-42-13-9-38(10-14-42)48-40-17-21-44(22-18-40)56(31-35-61)32-36-62/h7-22,25-28,59-62H,3-6,23-24,29-36H2,1-2H3/p+3. The van der Waals surface area contributed by atoms with E-state index in [1.807, 2.05) is 142 Å². The first-order valence-electron chi connectivity index (χ1n) is 21.3. The number of hydrogen-bond donors (Lipinski definition) is 7. The summed E-state index contributed by atoms with van der Waals surface area (Å²) >= 11 is 0. The Morgan fingerprint density at radius 3 is 1.50 bits per heavy atom. The van der Waals surface area contributed by atoms with Gasteiger partial charge >= 0.3 is 11.9 Å². The smallest absolute Gasteiger partial charge is 0.395 e. The van der Waals surface area contributed by atoms with Crippen LogP contribution in [0.15, 0.2) is 142 Å². The molecule has 0 radical (unpaired) electrons. The number of nitrogens with one attached hydrogen (secondary N) is 3. The number of aryl methyl sites for hydroxylation is 2. The maximum atomic E-state index is 9.33. The third kappa shape index (κ3) is 13.1. The third-order valence-electron chi connectivity index (χ3n) is 10.5. The van der Waals surface area contributed by atoms with Gasteiger partial charge in [0.05, 0.1) is 66.0 Å². The summed E-state index contributed by atoms with van der Waals surface area (Å²) in [6.45, 7) is 3.79. The minimum absolute atomic E-state index is 0.0286. The molecule has 0 fully saturated rings. The SMILES string of the molecule is C[N+]1=C(N=Nc2ccc(Nc3ccc(N(CCO)CCO)cc3)cc2)[NH+](CCCCCCn2cc[n+](C)c2N=Nc2ccc(Nc3ccc(N(CCO)CCO)cc3)cc2)C=C1. The largest absolute Gasteiger partial charge is 0.524 e. The molecule has 4 aromatic carbocycles. The Bertz CT molecular complexity index is 2230. The number of unbranched alkanes of at least 4 members (excludes halogenated alkanes) is 3. The topological polar surface area (TPSA) is 177 Å². The summed E-state index contributed by atoms with van der Waals surface area (Å²) < 4.78 is 6.15. The van der Waals surface area contributed by atoms with Crippen LogP contribution in [-0.2, 0) is 13.6 Å². The lowest BCUT2D eigenvalue weighted by Crippen LogP contribution is -3.09. The predicted octanol–water partition coefficient (Wildman–Crippen LogP) is 5.51. The minimum atomic E-state index is 0.0286. The fourth-order valence-electron chi connectivity index (χ4n) is 7.17. The van der Waals surface area contributed by atoms with Crippen molar-refractivity contribution in [3.63, 3.8) is 0 Å². The molecule has 0 aliphatic carbocycles. The summed E-state index contributed by atoms with van der Waals surface area (Å²) in [7, 11) is 3.98. The van der Waals surface area contributed by atoms with Crippen molar-refractivity contribution < 1.29 is 34.5 Å². The summed E-state index contributed by atoms with van der Waals surface area (Å²) in [4.78, 5) is 5.08. The van der Waals surface area contributed by atoms with Gasteiger partial charge in [0.25, 0.3) is 0 Å². The number of benzene rings is 4. The lowest BCUT2D eigenvalue weighted by Gasteiger charge is -2.23. The zero-order chi connectivity index (χ0) is 43.5. The molecule has 1 aliphatic rings. The van der Waals surface area contributed by atoms with Gasteiger partial charge in [-0.3, -0.25) is 0 Å². The molecule has 16 heteroatoms. The number of aliphatic hydroxyl groups excluding tert-OH is 4. The maximum Gasteiger partial charge on any atom is 0.524 e. The van der Waals surface area contributed by atoms with E-state index in [1.54, 1.807) is 0 Å². The molecular weight excluding hydrogens is 785 g/mol. The molecule has 1 aromatic heterocycles. The highest BCUT2D eigenvalue weighted by Crippen LogP contribution is 2.26. The molecule has 326 valence electrons. The van der Waals surface area contributed by atoms with E-state index in [0.717, 1.165) is 96.2 Å². The molecule has 0 bridgehead atoms. The van der Waals surface area contributed by atoms with Crippen molar-refractivity contribution in [3.05, 3.63) is 122 Å². The zero-order valence-electron chi connectivity index (χ0n) is 35.8. The Hall–Kier alpha value is -6.30. The van der Waals surface area contributed by atoms with Gasteiger partial charge in [-0.2, -0.15) is 9.48 Å². The lowest BCUT2D eigenvalue weighted by molar-refractivity contribution is -0.760. The van der Waals surface area contributed by atoms with E-state index < -0.39 is 0 Å². The Morgan fingerprint density at radius 1 is 0.565 bits per heavy atom. The van der Waals surface area contributed by atoms with Crippen molar-refractivity contribution in [1.82, 2.24) is 4.57 Å². The number of quaternary nitrogens is 1. The minimum Gasteiger partial charge on any atom is -0.395 e. The molecule has 7 N–H and O–H groups in total. The Labute approximate surface area is 363 Å². The number of nitrogens with zero attached hydrogens (tertiary/aromatic N) is 9. The van der Waals surface area contributed by atoms with Crippen LogP contribution in [0.2, 0.25) is 0 Å². The van der Waals surface area contributed by atoms with Crippen molar-refractivity contribution in [2.24, 2.45) is 27.5 Å². The highest BCUT2D eigenvalue weighted by atomic mass is 16.3. The molecule has 0 saturated heterocycles. The van der Waals surface area contributed by atoms with Gasteiger partial charge in [0.2, 0.25) is 0 Å². The second-order valence-corrected chi connectivity index (χ2v) is 15.0. The lowest BCUT2D eigenvalue weighted by atomic mass is 10.2. The second kappa shape index (κ2) is 23.6. The number of imidazole rings is 1. The molecule has 0 saturated carbocycles. The average Bonchev–Trinajstić information content (AvgIpc) is 3.83. The maximum absolute atomic E-state index is 9.33. The van der Waals surface area contributed by atoms with Crippen LogP contribution in [0.3, 0.4) is 0 Å². The highest BCUT2D eigenvalue weighted by molar-refractivity contribution is 5.68. The number of rotatable bonds is 24. The molecule has 5 aromatic rings. The molecule has 1 unspecified atom stereocenters. The fraction of sp³-hybridized carbons (Fsp3) is 0.348. The van der Waals surface area contributed by atoms with Crippen molar-refractivity contribution >= 4 is 57.4 Å². The molecule has 0 amide bonds. The average molecular weight is 846 g/mol. The highest BCUT2D eigenvalue weighted by Gasteiger charge is 2.30. The fourth-order valence-corrected chi connectivity index (χ4v) is 7.17. The first-order valence-corrected chi connectivity index (χ1v) is 21.3. The van der Waals surface area contributed by atoms with Gasteiger partial charge in [-0.25, -0.2) is 9.13 Å². The van der Waals surface area contributed by atoms with Gasteiger partial charge in [-0.1, -0.05) is 11.5 Å². The summed E-state index contributed by atoms with van der Waals surface area (Å²) in [5.74, 6) is 1.67. The number of aliphatic hydroxyl groups is 4. The Morgan fingerprint density at radius 2 is 1.02 bits per heavy atom. The second-order valence-electron chi connectivity index (χ2n) is 15.0. The monoisotopic (exact) mass is 845 g/mol. The van der Waals surface area contributed by atoms with Crippen LogP contribution in [0.25, 0.3) is 0 Å². The Balaban J connectivity index is 0.913. The predicted molar refractivity (Wildman–Crippen MR) is 244 cm³/mol. The number of aromatic nitrogens is 2. The third-order valence-corrected chi connectivity index (χ3v) is 10.5. The van der Waals surface area contributed by atoms with E-state index in [0.29, 0.717) is 26.2 Å². The molecular formula is C46H61N12O4+3. The van der Waals surface area contributed by atoms with Crippen LogP contribution >= 0.6 is 0 Å². The summed E-state index contributed by atoms with van der Waals surface area (Å²) in [6.07, 6.45) is 12.5. The summed E-state index contributed by atoms with van der Waals surface area (Å²) in [5, 5.41) is 62.5. The first-order chi connectivity index (χ1) is 30.4. The molecule has 1 aliphatic heterocycles. The van der Waals surface area contributed by atoms with Gasteiger partial charge in [-0.05, 0) is 121 Å². The van der Waals surface area contributed by atoms with Crippen LogP contribution in [0.4, 0.5) is 51.4 Å². The van der Waals surface area contributed by atoms with Crippen molar-refractivity contribution in [3.8, 4) is 0 Å². The van der Waals surface area contributed by atoms with Gasteiger partial charge in [0.15, 0.2) is 0 Å². The molecule has 16 nitrogen and oxygen atoms in total. The molecule has 62 heavy (non-hydrogen) atoms. The molecule has 2 heterocycles. The number of anilines is 6. The van der Waals surface area contributed by atoms with E-state index in [-0.39, 0.29) is 26.4 Å². The van der Waals surface area contributed by atoms with E-state index >= 15 is 0 Å². The van der Waals surface area contributed by atoms with E-state index in [2.05, 4.69) is 48.1 Å². The van der Waals surface area contributed by atoms with Gasteiger partial charge in [0, 0.05) is 65.4 Å². The van der Waals surface area contributed by atoms with E-state index in [9.17, 15) is 20.4 Å². The number of guanidine groups is 1. The molecule has 0 spiro atoms. The van der Waals surface area contributed by atoms with Gasteiger partial charge in [0.1, 0.15) is 28.9 Å². The number of hydrogen-bond acceptors (Lipinski definition) is 12. The van der Waals surface area contributed by atoms with E-state index in [4.69, 9.17) is 0 Å². The first kappa shape index (κ1) is 45.2. The molecule has 6 rings (SSSR count). The van der Waals surface area contributed by atoms with Gasteiger partial charge in [-0.15, -0.1) is 0 Å². The van der Waals surface area contributed by atoms with Crippen molar-refractivity contribution in [1.29, 1.82) is 0 Å². The van der Waals surface area contributed by atoms with E-state index in [1.165, 1.54) is 4.90 Å². The normalized spacial score (nSPS) is 13.8. The Kier molecular flexibility index (Phi) is 17.2. The van der Waals surface area contributed by atoms with Crippen LogP contribution in [-0.4, -0.2) is 102 Å². The molecule has 1 atom stereocenters. The van der Waals surface area contributed by atoms with Crippen LogP contribution in [0.1, 0.15) is 25.7 Å². The quantitative estimate of drug-likeness (QED) is 0.0242. The van der Waals surface area contributed by atoms with Crippen LogP contribution < -0.4 is 29.9 Å². The summed E-state index contributed by atoms with van der Waals surface area (Å²) in [5.41, 5.74) is 7.17.